The van der Waals surface area contributed by atoms with E-state index in [4.69, 9.17) is 28.6 Å². The van der Waals surface area contributed by atoms with Crippen molar-refractivity contribution in [1.82, 2.24) is 4.57 Å². The third kappa shape index (κ3) is 3.01. The van der Waals surface area contributed by atoms with Gasteiger partial charge in [-0.1, -0.05) is 29.3 Å². The Morgan fingerprint density at radius 3 is 2.62 bits per heavy atom. The van der Waals surface area contributed by atoms with Crippen LogP contribution in [0.4, 0.5) is 0 Å². The zero-order chi connectivity index (χ0) is 10.8. The Morgan fingerprint density at radius 1 is 1.31 bits per heavy atom. The number of aromatic nitrogens is 1. The molecule has 1 N–H and O–H groups in total. The molecule has 86 valence electrons. The highest BCUT2D eigenvalue weighted by Crippen LogP contribution is 2.21. The highest BCUT2D eigenvalue weighted by molar-refractivity contribution is 7.06. The van der Waals surface area contributed by atoms with Crippen LogP contribution in [0.1, 0.15) is 5.56 Å². The van der Waals surface area contributed by atoms with Gasteiger partial charge in [0.2, 0.25) is 0 Å². The number of hydrogen-bond donors (Lipinski definition) is 1. The molecule has 2 rings (SSSR count). The van der Waals surface area contributed by atoms with E-state index in [0.29, 0.717) is 21.4 Å². The van der Waals surface area contributed by atoms with Gasteiger partial charge < -0.3 is 4.57 Å². The van der Waals surface area contributed by atoms with Gasteiger partial charge in [-0.25, -0.2) is 0 Å². The molecule has 0 spiro atoms. The molecule has 0 atom stereocenters. The van der Waals surface area contributed by atoms with E-state index >= 15 is 0 Å². The molecule has 0 aliphatic carbocycles. The van der Waals surface area contributed by atoms with E-state index in [1.165, 1.54) is 11.3 Å². The summed E-state index contributed by atoms with van der Waals surface area (Å²) < 4.78 is 1.83. The van der Waals surface area contributed by atoms with Gasteiger partial charge in [-0.2, -0.15) is 0 Å². The van der Waals surface area contributed by atoms with Gasteiger partial charge in [0, 0.05) is 21.6 Å². The summed E-state index contributed by atoms with van der Waals surface area (Å²) in [4.78, 5) is 0.515. The number of benzene rings is 1. The van der Waals surface area contributed by atoms with E-state index in [1.807, 2.05) is 22.2 Å². The molecule has 0 radical (unpaired) electrons. The number of nitrogens with one attached hydrogen (secondary N) is 1. The van der Waals surface area contributed by atoms with Crippen LogP contribution in [-0.2, 0) is 6.54 Å². The molecule has 2 aromatic rings. The van der Waals surface area contributed by atoms with Gasteiger partial charge in [0.15, 0.2) is 4.80 Å². The third-order valence-corrected chi connectivity index (χ3v) is 3.34. The predicted octanol–water partition coefficient (Wildman–Crippen LogP) is 3.81. The average Bonchev–Trinajstić information content (AvgIpc) is 2.57. The second-order valence-corrected chi connectivity index (χ2v) is 4.81. The maximum atomic E-state index is 7.63. The van der Waals surface area contributed by atoms with Crippen molar-refractivity contribution < 1.29 is 0 Å². The minimum Gasteiger partial charge on any atom is -0.320 e. The largest absolute Gasteiger partial charge is 0.320 e. The molecule has 1 heterocycles. The summed E-state index contributed by atoms with van der Waals surface area (Å²) in [5.41, 5.74) is 0.970. The Bertz CT molecular complexity index is 533. The first-order valence-corrected chi connectivity index (χ1v) is 5.93. The highest BCUT2D eigenvalue weighted by atomic mass is 35.5. The first-order valence-electron chi connectivity index (χ1n) is 4.29. The standard InChI is InChI=1S/C10H8Cl2N2S.ClH/c11-8-2-1-7(9(12)5-8)6-14-3-4-15-10(14)13;/h1-5,13H,6H2;1H. The fraction of sp³-hybridized carbons (Fsp3) is 0.100. The lowest BCUT2D eigenvalue weighted by atomic mass is 10.2. The van der Waals surface area contributed by atoms with Crippen LogP contribution in [0.5, 0.6) is 0 Å². The lowest BCUT2D eigenvalue weighted by Crippen LogP contribution is -2.12. The topological polar surface area (TPSA) is 28.8 Å². The fourth-order valence-electron chi connectivity index (χ4n) is 1.26. The van der Waals surface area contributed by atoms with Gasteiger partial charge in [-0.05, 0) is 17.7 Å². The Kier molecular flexibility index (Phi) is 4.87. The zero-order valence-corrected chi connectivity index (χ0v) is 11.3. The fourth-order valence-corrected chi connectivity index (χ4v) is 2.33. The van der Waals surface area contributed by atoms with Crippen molar-refractivity contribution in [2.24, 2.45) is 0 Å². The Balaban J connectivity index is 0.00000128. The first kappa shape index (κ1) is 13.6. The summed E-state index contributed by atoms with van der Waals surface area (Å²) in [5, 5.41) is 10.8. The molecule has 1 aromatic heterocycles. The number of thiazole rings is 1. The lowest BCUT2D eigenvalue weighted by molar-refractivity contribution is 0.760. The minimum atomic E-state index is 0. The van der Waals surface area contributed by atoms with Crippen molar-refractivity contribution in [3.05, 3.63) is 50.2 Å². The van der Waals surface area contributed by atoms with Gasteiger partial charge in [-0.3, -0.25) is 5.41 Å². The molecule has 0 aliphatic heterocycles. The van der Waals surface area contributed by atoms with Gasteiger partial charge in [-0.15, -0.1) is 23.7 Å². The van der Waals surface area contributed by atoms with Gasteiger partial charge >= 0.3 is 0 Å². The van der Waals surface area contributed by atoms with Crippen LogP contribution in [-0.4, -0.2) is 4.57 Å². The van der Waals surface area contributed by atoms with Crippen molar-refractivity contribution in [3.63, 3.8) is 0 Å². The molecule has 0 amide bonds. The third-order valence-electron chi connectivity index (χ3n) is 2.04. The van der Waals surface area contributed by atoms with E-state index < -0.39 is 0 Å². The molecule has 6 heteroatoms. The Hall–Kier alpha value is -0.480. The van der Waals surface area contributed by atoms with Crippen molar-refractivity contribution in [2.45, 2.75) is 6.54 Å². The quantitative estimate of drug-likeness (QED) is 0.873. The SMILES string of the molecule is Cl.N=c1sccn1Cc1ccc(Cl)cc1Cl. The minimum absolute atomic E-state index is 0. The molecule has 0 fully saturated rings. The van der Waals surface area contributed by atoms with Gasteiger partial charge in [0.25, 0.3) is 0 Å². The molecule has 0 bridgehead atoms. The van der Waals surface area contributed by atoms with Crippen LogP contribution < -0.4 is 4.80 Å². The zero-order valence-electron chi connectivity index (χ0n) is 8.11. The smallest absolute Gasteiger partial charge is 0.182 e. The maximum Gasteiger partial charge on any atom is 0.182 e. The molecule has 16 heavy (non-hydrogen) atoms. The molecule has 0 saturated carbocycles. The van der Waals surface area contributed by atoms with E-state index in [-0.39, 0.29) is 12.4 Å². The first-order chi connectivity index (χ1) is 7.16. The van der Waals surface area contributed by atoms with Crippen LogP contribution in [0, 0.1) is 5.41 Å². The lowest BCUT2D eigenvalue weighted by Gasteiger charge is -2.05. The van der Waals surface area contributed by atoms with Gasteiger partial charge in [0.1, 0.15) is 0 Å². The summed E-state index contributed by atoms with van der Waals surface area (Å²) >= 11 is 13.2. The monoisotopic (exact) mass is 294 g/mol. The molecular formula is C10H9Cl3N2S. The molecular weight excluding hydrogens is 287 g/mol. The van der Waals surface area contributed by atoms with Crippen molar-refractivity contribution in [2.75, 3.05) is 0 Å². The predicted molar refractivity (Wildman–Crippen MR) is 71.0 cm³/mol. The molecule has 0 aliphatic rings. The van der Waals surface area contributed by atoms with Crippen LogP contribution in [0.15, 0.2) is 29.8 Å². The Morgan fingerprint density at radius 2 is 2.06 bits per heavy atom. The summed E-state index contributed by atoms with van der Waals surface area (Å²) in [6.45, 7) is 0.609. The number of halogens is 3. The number of rotatable bonds is 2. The summed E-state index contributed by atoms with van der Waals surface area (Å²) in [6.07, 6.45) is 1.87. The average molecular weight is 296 g/mol. The normalized spacial score (nSPS) is 9.88. The van der Waals surface area contributed by atoms with Crippen LogP contribution in [0.3, 0.4) is 0 Å². The van der Waals surface area contributed by atoms with Crippen molar-refractivity contribution in [3.8, 4) is 0 Å². The highest BCUT2D eigenvalue weighted by Gasteiger charge is 2.02. The van der Waals surface area contributed by atoms with Crippen LogP contribution >= 0.6 is 46.9 Å². The van der Waals surface area contributed by atoms with E-state index in [1.54, 1.807) is 12.1 Å². The van der Waals surface area contributed by atoms with E-state index in [2.05, 4.69) is 0 Å². The van der Waals surface area contributed by atoms with E-state index in [9.17, 15) is 0 Å². The van der Waals surface area contributed by atoms with Crippen LogP contribution in [0.25, 0.3) is 0 Å². The van der Waals surface area contributed by atoms with Crippen molar-refractivity contribution in [1.29, 1.82) is 5.41 Å². The summed E-state index contributed by atoms with van der Waals surface area (Å²) in [5.74, 6) is 0. The summed E-state index contributed by atoms with van der Waals surface area (Å²) in [6, 6.07) is 5.41. The molecule has 2 nitrogen and oxygen atoms in total. The van der Waals surface area contributed by atoms with Crippen molar-refractivity contribution >= 4 is 46.9 Å². The molecule has 1 aromatic carbocycles. The second-order valence-electron chi connectivity index (χ2n) is 3.07. The Labute approximate surface area is 113 Å². The molecule has 0 saturated heterocycles. The molecule has 0 unspecified atom stereocenters. The van der Waals surface area contributed by atoms with Crippen LogP contribution in [0.2, 0.25) is 10.0 Å². The number of hydrogen-bond acceptors (Lipinski definition) is 2. The van der Waals surface area contributed by atoms with Gasteiger partial charge in [0.05, 0.1) is 6.54 Å². The second kappa shape index (κ2) is 5.73. The summed E-state index contributed by atoms with van der Waals surface area (Å²) in [7, 11) is 0. The van der Waals surface area contributed by atoms with E-state index in [0.717, 1.165) is 5.56 Å². The number of nitrogens with zero attached hydrogens (tertiary/aromatic N) is 1. The maximum absolute atomic E-state index is 7.63.